The number of piperidine rings is 1. The second-order valence-corrected chi connectivity index (χ2v) is 8.40. The molecule has 0 saturated carbocycles. The number of ether oxygens (including phenoxy) is 1. The molecule has 0 spiro atoms. The van der Waals surface area contributed by atoms with E-state index in [9.17, 15) is 8.42 Å². The smallest absolute Gasteiger partial charge is 0.240 e. The molecule has 28 heavy (non-hydrogen) atoms. The van der Waals surface area contributed by atoms with Crippen molar-refractivity contribution in [3.63, 3.8) is 0 Å². The van der Waals surface area contributed by atoms with Gasteiger partial charge in [-0.3, -0.25) is 0 Å². The van der Waals surface area contributed by atoms with Crippen molar-refractivity contribution in [2.45, 2.75) is 30.2 Å². The van der Waals surface area contributed by atoms with E-state index in [1.165, 1.54) is 6.07 Å². The first-order valence-corrected chi connectivity index (χ1v) is 10.3. The fourth-order valence-electron chi connectivity index (χ4n) is 3.43. The maximum atomic E-state index is 12.9. The minimum Gasteiger partial charge on any atom is -0.497 e. The van der Waals surface area contributed by atoms with Crippen molar-refractivity contribution in [1.29, 1.82) is 5.26 Å². The Morgan fingerprint density at radius 2 is 1.93 bits per heavy atom. The van der Waals surface area contributed by atoms with Gasteiger partial charge in [0.05, 0.1) is 23.6 Å². The Kier molecular flexibility index (Phi) is 7.44. The van der Waals surface area contributed by atoms with Crippen molar-refractivity contribution >= 4 is 22.4 Å². The minimum atomic E-state index is -3.69. The van der Waals surface area contributed by atoms with Crippen LogP contribution in [0, 0.1) is 18.3 Å². The summed E-state index contributed by atoms with van der Waals surface area (Å²) in [7, 11) is -2.06. The van der Waals surface area contributed by atoms with Crippen LogP contribution in [0.1, 0.15) is 29.0 Å². The van der Waals surface area contributed by atoms with Gasteiger partial charge in [-0.05, 0) is 61.3 Å². The number of nitrogens with one attached hydrogen (secondary N) is 2. The molecule has 2 aromatic rings. The van der Waals surface area contributed by atoms with Gasteiger partial charge in [-0.15, -0.1) is 12.4 Å². The normalized spacial score (nSPS) is 19.3. The van der Waals surface area contributed by atoms with Gasteiger partial charge in [-0.2, -0.15) is 5.26 Å². The molecule has 0 aromatic heterocycles. The second kappa shape index (κ2) is 9.39. The highest BCUT2D eigenvalue weighted by atomic mass is 35.5. The molecular weight excluding hydrogens is 398 g/mol. The van der Waals surface area contributed by atoms with Crippen LogP contribution in [0.25, 0.3) is 0 Å². The Hall–Kier alpha value is -2.11. The molecule has 8 heteroatoms. The van der Waals surface area contributed by atoms with Gasteiger partial charge in [0.1, 0.15) is 5.75 Å². The Balaban J connectivity index is 0.00000280. The Bertz CT molecular complexity index is 956. The number of benzene rings is 2. The van der Waals surface area contributed by atoms with Crippen LogP contribution < -0.4 is 14.8 Å². The molecule has 1 aliphatic heterocycles. The molecule has 1 saturated heterocycles. The number of methoxy groups -OCH3 is 1. The van der Waals surface area contributed by atoms with Crippen LogP contribution in [-0.4, -0.2) is 34.7 Å². The predicted molar refractivity (Wildman–Crippen MR) is 110 cm³/mol. The summed E-state index contributed by atoms with van der Waals surface area (Å²) < 4.78 is 33.8. The standard InChI is InChI=1S/C20H23N3O3S.ClH/c1-14-11-18(8-5-16(14)12-21)27(24,25)23-20-13-22-10-9-19(20)15-3-6-17(26-2)7-4-15;/h3-8,11,19-20,22-23H,9-10,13H2,1-2H3;1H. The summed E-state index contributed by atoms with van der Waals surface area (Å²) in [5.74, 6) is 0.851. The van der Waals surface area contributed by atoms with Gasteiger partial charge in [0.15, 0.2) is 0 Å². The van der Waals surface area contributed by atoms with Crippen molar-refractivity contribution in [2.75, 3.05) is 20.2 Å². The quantitative estimate of drug-likeness (QED) is 0.774. The second-order valence-electron chi connectivity index (χ2n) is 6.69. The first kappa shape index (κ1) is 22.2. The maximum Gasteiger partial charge on any atom is 0.240 e. The van der Waals surface area contributed by atoms with Crippen molar-refractivity contribution in [2.24, 2.45) is 0 Å². The summed E-state index contributed by atoms with van der Waals surface area (Å²) >= 11 is 0. The van der Waals surface area contributed by atoms with Gasteiger partial charge in [0, 0.05) is 18.5 Å². The molecule has 0 bridgehead atoms. The average molecular weight is 422 g/mol. The molecule has 0 radical (unpaired) electrons. The van der Waals surface area contributed by atoms with E-state index in [-0.39, 0.29) is 29.3 Å². The molecule has 0 amide bonds. The third-order valence-electron chi connectivity index (χ3n) is 4.96. The molecule has 150 valence electrons. The first-order valence-electron chi connectivity index (χ1n) is 8.82. The monoisotopic (exact) mass is 421 g/mol. The molecule has 1 heterocycles. The number of hydrogen-bond donors (Lipinski definition) is 2. The summed E-state index contributed by atoms with van der Waals surface area (Å²) in [6, 6.07) is 14.1. The third kappa shape index (κ3) is 4.83. The highest BCUT2D eigenvalue weighted by molar-refractivity contribution is 7.89. The van der Waals surface area contributed by atoms with Crippen molar-refractivity contribution < 1.29 is 13.2 Å². The number of sulfonamides is 1. The molecule has 2 unspecified atom stereocenters. The van der Waals surface area contributed by atoms with Crippen molar-refractivity contribution in [3.8, 4) is 11.8 Å². The number of nitriles is 1. The van der Waals surface area contributed by atoms with Crippen LogP contribution in [0.2, 0.25) is 0 Å². The Morgan fingerprint density at radius 1 is 1.21 bits per heavy atom. The molecule has 2 aromatic carbocycles. The largest absolute Gasteiger partial charge is 0.497 e. The molecular formula is C20H24ClN3O3S. The van der Waals surface area contributed by atoms with E-state index in [2.05, 4.69) is 16.1 Å². The van der Waals surface area contributed by atoms with Gasteiger partial charge >= 0.3 is 0 Å². The van der Waals surface area contributed by atoms with Crippen LogP contribution in [0.4, 0.5) is 0 Å². The zero-order chi connectivity index (χ0) is 19.4. The molecule has 3 rings (SSSR count). The zero-order valence-corrected chi connectivity index (χ0v) is 17.4. The van der Waals surface area contributed by atoms with E-state index in [4.69, 9.17) is 10.00 Å². The molecule has 1 aliphatic rings. The number of rotatable bonds is 5. The summed E-state index contributed by atoms with van der Waals surface area (Å²) in [5, 5.41) is 12.3. The number of halogens is 1. The minimum absolute atomic E-state index is 0. The molecule has 1 fully saturated rings. The highest BCUT2D eigenvalue weighted by Gasteiger charge is 2.30. The summed E-state index contributed by atoms with van der Waals surface area (Å²) in [4.78, 5) is 0.179. The van der Waals surface area contributed by atoms with E-state index < -0.39 is 10.0 Å². The zero-order valence-electron chi connectivity index (χ0n) is 15.8. The lowest BCUT2D eigenvalue weighted by Gasteiger charge is -2.33. The Morgan fingerprint density at radius 3 is 2.54 bits per heavy atom. The first-order chi connectivity index (χ1) is 12.9. The van der Waals surface area contributed by atoms with E-state index in [0.29, 0.717) is 17.7 Å². The Labute approximate surface area is 172 Å². The summed E-state index contributed by atoms with van der Waals surface area (Å²) in [6.45, 7) is 3.13. The SMILES string of the molecule is COc1ccc(C2CCNCC2NS(=O)(=O)c2ccc(C#N)c(C)c2)cc1.Cl. The van der Waals surface area contributed by atoms with Crippen LogP contribution in [0.15, 0.2) is 47.4 Å². The lowest BCUT2D eigenvalue weighted by atomic mass is 9.86. The maximum absolute atomic E-state index is 12.9. The van der Waals surface area contributed by atoms with Gasteiger partial charge < -0.3 is 10.1 Å². The van der Waals surface area contributed by atoms with E-state index in [0.717, 1.165) is 24.3 Å². The van der Waals surface area contributed by atoms with Gasteiger partial charge in [-0.1, -0.05) is 12.1 Å². The molecule has 2 atom stereocenters. The summed E-state index contributed by atoms with van der Waals surface area (Å²) in [5.41, 5.74) is 2.21. The summed E-state index contributed by atoms with van der Waals surface area (Å²) in [6.07, 6.45) is 0.839. The highest BCUT2D eigenvalue weighted by Crippen LogP contribution is 2.28. The lowest BCUT2D eigenvalue weighted by Crippen LogP contribution is -2.49. The topological polar surface area (TPSA) is 91.2 Å². The van der Waals surface area contributed by atoms with Gasteiger partial charge in [0.25, 0.3) is 0 Å². The third-order valence-corrected chi connectivity index (χ3v) is 6.45. The fourth-order valence-corrected chi connectivity index (χ4v) is 4.79. The van der Waals surface area contributed by atoms with Crippen molar-refractivity contribution in [3.05, 3.63) is 59.2 Å². The number of hydrogen-bond acceptors (Lipinski definition) is 5. The predicted octanol–water partition coefficient (Wildman–Crippen LogP) is 2.72. The molecule has 0 aliphatic carbocycles. The number of aryl methyl sites for hydroxylation is 1. The van der Waals surface area contributed by atoms with Crippen LogP contribution in [0.5, 0.6) is 5.75 Å². The van der Waals surface area contributed by atoms with E-state index in [1.807, 2.05) is 24.3 Å². The lowest BCUT2D eigenvalue weighted by molar-refractivity contribution is 0.377. The average Bonchev–Trinajstić information content (AvgIpc) is 2.68. The van der Waals surface area contributed by atoms with Crippen LogP contribution >= 0.6 is 12.4 Å². The molecule has 2 N–H and O–H groups in total. The number of nitrogens with zero attached hydrogens (tertiary/aromatic N) is 1. The van der Waals surface area contributed by atoms with Crippen molar-refractivity contribution in [1.82, 2.24) is 10.0 Å². The van der Waals surface area contributed by atoms with Crippen LogP contribution in [0.3, 0.4) is 0 Å². The van der Waals surface area contributed by atoms with Crippen LogP contribution in [-0.2, 0) is 10.0 Å². The van der Waals surface area contributed by atoms with Gasteiger partial charge in [-0.25, -0.2) is 13.1 Å². The van der Waals surface area contributed by atoms with Gasteiger partial charge in [0.2, 0.25) is 10.0 Å². The van der Waals surface area contributed by atoms with E-state index >= 15 is 0 Å². The molecule has 6 nitrogen and oxygen atoms in total. The fraction of sp³-hybridized carbons (Fsp3) is 0.350. The van der Waals surface area contributed by atoms with E-state index in [1.54, 1.807) is 26.2 Å².